The number of hydrogen-bond donors (Lipinski definition) is 1. The molecule has 1 nitrogen and oxygen atoms in total. The van der Waals surface area contributed by atoms with Gasteiger partial charge in [-0.25, -0.2) is 0 Å². The van der Waals surface area contributed by atoms with Crippen LogP contribution < -0.4 is 5.32 Å². The molecule has 1 fully saturated rings. The highest BCUT2D eigenvalue weighted by Crippen LogP contribution is 2.42. The third-order valence-electron chi connectivity index (χ3n) is 4.06. The maximum atomic E-state index is 3.61. The van der Waals surface area contributed by atoms with Gasteiger partial charge in [-0.1, -0.05) is 36.8 Å². The largest absolute Gasteiger partial charge is 0.384 e. The zero-order valence-corrected chi connectivity index (χ0v) is 11.6. The molecule has 1 aliphatic carbocycles. The fraction of sp³-hybridized carbons (Fsp3) is 0.375. The zero-order chi connectivity index (χ0) is 12.4. The van der Waals surface area contributed by atoms with Crippen LogP contribution >= 0.6 is 11.8 Å². The van der Waals surface area contributed by atoms with Crippen molar-refractivity contribution in [2.45, 2.75) is 24.0 Å². The Morgan fingerprint density at radius 1 is 1.11 bits per heavy atom. The third kappa shape index (κ3) is 2.22. The monoisotopic (exact) mass is 257 g/mol. The van der Waals surface area contributed by atoms with Crippen LogP contribution in [0.4, 0.5) is 5.69 Å². The van der Waals surface area contributed by atoms with Crippen LogP contribution in [0.15, 0.2) is 42.5 Å². The van der Waals surface area contributed by atoms with Gasteiger partial charge in [0.25, 0.3) is 0 Å². The highest BCUT2D eigenvalue weighted by molar-refractivity contribution is 8.00. The first-order valence-electron chi connectivity index (χ1n) is 6.59. The van der Waals surface area contributed by atoms with Crippen LogP contribution in [-0.2, 0) is 0 Å². The summed E-state index contributed by atoms with van der Waals surface area (Å²) in [4.78, 5) is 0. The lowest BCUT2D eigenvalue weighted by Gasteiger charge is -2.40. The molecule has 0 spiro atoms. The molecule has 0 aliphatic heterocycles. The van der Waals surface area contributed by atoms with Crippen LogP contribution in [-0.4, -0.2) is 17.5 Å². The van der Waals surface area contributed by atoms with Gasteiger partial charge < -0.3 is 5.32 Å². The Hall–Kier alpha value is -1.15. The van der Waals surface area contributed by atoms with Crippen LogP contribution in [0.25, 0.3) is 10.8 Å². The number of fused-ring (bicyclic) bond motifs is 1. The van der Waals surface area contributed by atoms with Gasteiger partial charge in [0.2, 0.25) is 0 Å². The number of nitrogens with one attached hydrogen (secondary N) is 1. The lowest BCUT2D eigenvalue weighted by atomic mass is 9.84. The van der Waals surface area contributed by atoms with E-state index in [1.165, 1.54) is 35.7 Å². The molecule has 2 aromatic carbocycles. The predicted molar refractivity (Wildman–Crippen MR) is 82.5 cm³/mol. The van der Waals surface area contributed by atoms with E-state index in [-0.39, 0.29) is 0 Å². The summed E-state index contributed by atoms with van der Waals surface area (Å²) >= 11 is 2.02. The Morgan fingerprint density at radius 3 is 2.56 bits per heavy atom. The van der Waals surface area contributed by atoms with Gasteiger partial charge in [0.05, 0.1) is 0 Å². The molecule has 0 radical (unpaired) electrons. The van der Waals surface area contributed by atoms with Crippen LogP contribution in [0.3, 0.4) is 0 Å². The molecule has 1 aliphatic rings. The van der Waals surface area contributed by atoms with E-state index in [0.717, 1.165) is 6.54 Å². The minimum atomic E-state index is 0.492. The molecule has 0 atom stereocenters. The van der Waals surface area contributed by atoms with Gasteiger partial charge in [-0.2, -0.15) is 11.8 Å². The summed E-state index contributed by atoms with van der Waals surface area (Å²) in [6.07, 6.45) is 6.34. The summed E-state index contributed by atoms with van der Waals surface area (Å²) in [6, 6.07) is 15.2. The van der Waals surface area contributed by atoms with E-state index < -0.39 is 0 Å². The molecule has 0 heterocycles. The van der Waals surface area contributed by atoms with E-state index in [0.29, 0.717) is 4.75 Å². The van der Waals surface area contributed by atoms with Crippen molar-refractivity contribution in [1.82, 2.24) is 0 Å². The van der Waals surface area contributed by atoms with Crippen molar-refractivity contribution >= 4 is 28.2 Å². The second-order valence-corrected chi connectivity index (χ2v) is 6.43. The van der Waals surface area contributed by atoms with Gasteiger partial charge in [0.1, 0.15) is 0 Å². The molecule has 0 saturated heterocycles. The molecule has 18 heavy (non-hydrogen) atoms. The summed E-state index contributed by atoms with van der Waals surface area (Å²) < 4.78 is 0.492. The van der Waals surface area contributed by atoms with Crippen LogP contribution in [0.1, 0.15) is 19.3 Å². The highest BCUT2D eigenvalue weighted by Gasteiger charge is 2.35. The Balaban J connectivity index is 1.74. The molecular weight excluding hydrogens is 238 g/mol. The number of rotatable bonds is 4. The zero-order valence-electron chi connectivity index (χ0n) is 10.8. The maximum Gasteiger partial charge on any atom is 0.0347 e. The lowest BCUT2D eigenvalue weighted by Crippen LogP contribution is -2.40. The number of benzene rings is 2. The number of anilines is 1. The number of hydrogen-bond acceptors (Lipinski definition) is 2. The number of thioether (sulfide) groups is 1. The summed E-state index contributed by atoms with van der Waals surface area (Å²) in [7, 11) is 0. The van der Waals surface area contributed by atoms with Crippen molar-refractivity contribution in [2.75, 3.05) is 18.1 Å². The first-order chi connectivity index (χ1) is 8.81. The van der Waals surface area contributed by atoms with Gasteiger partial charge in [-0.3, -0.25) is 0 Å². The molecule has 3 rings (SSSR count). The quantitative estimate of drug-likeness (QED) is 0.863. The Bertz CT molecular complexity index is 540. The molecule has 0 amide bonds. The van der Waals surface area contributed by atoms with Gasteiger partial charge in [-0.05, 0) is 42.0 Å². The molecular formula is C16H19NS. The van der Waals surface area contributed by atoms with Crippen molar-refractivity contribution in [3.63, 3.8) is 0 Å². The summed E-state index contributed by atoms with van der Waals surface area (Å²) in [5, 5.41) is 6.24. The van der Waals surface area contributed by atoms with Gasteiger partial charge in [0, 0.05) is 17.0 Å². The first kappa shape index (κ1) is 11.9. The van der Waals surface area contributed by atoms with Crippen molar-refractivity contribution in [3.05, 3.63) is 42.5 Å². The lowest BCUT2D eigenvalue weighted by molar-refractivity contribution is 0.380. The smallest absolute Gasteiger partial charge is 0.0347 e. The van der Waals surface area contributed by atoms with E-state index in [4.69, 9.17) is 0 Å². The van der Waals surface area contributed by atoms with E-state index in [2.05, 4.69) is 54.0 Å². The van der Waals surface area contributed by atoms with Crippen LogP contribution in [0.2, 0.25) is 0 Å². The van der Waals surface area contributed by atoms with E-state index in [1.54, 1.807) is 0 Å². The molecule has 94 valence electrons. The van der Waals surface area contributed by atoms with Gasteiger partial charge in [-0.15, -0.1) is 0 Å². The maximum absolute atomic E-state index is 3.61. The van der Waals surface area contributed by atoms with Gasteiger partial charge >= 0.3 is 0 Å². The van der Waals surface area contributed by atoms with E-state index in [1.807, 2.05) is 11.8 Å². The molecule has 0 aromatic heterocycles. The van der Waals surface area contributed by atoms with Crippen molar-refractivity contribution < 1.29 is 0 Å². The predicted octanol–water partition coefficient (Wildman–Crippen LogP) is 4.54. The minimum absolute atomic E-state index is 0.492. The minimum Gasteiger partial charge on any atom is -0.384 e. The first-order valence-corrected chi connectivity index (χ1v) is 7.82. The van der Waals surface area contributed by atoms with Gasteiger partial charge in [0.15, 0.2) is 0 Å². The Labute approximate surface area is 113 Å². The second kappa shape index (κ2) is 4.85. The molecule has 2 heteroatoms. The van der Waals surface area contributed by atoms with E-state index >= 15 is 0 Å². The fourth-order valence-corrected chi connectivity index (χ4v) is 3.50. The summed E-state index contributed by atoms with van der Waals surface area (Å²) in [6.45, 7) is 1.09. The third-order valence-corrected chi connectivity index (χ3v) is 5.48. The van der Waals surface area contributed by atoms with Crippen molar-refractivity contribution in [1.29, 1.82) is 0 Å². The summed E-state index contributed by atoms with van der Waals surface area (Å²) in [5.74, 6) is 0. The summed E-state index contributed by atoms with van der Waals surface area (Å²) in [5.41, 5.74) is 1.24. The highest BCUT2D eigenvalue weighted by atomic mass is 32.2. The standard InChI is InChI=1S/C16H19NS/c1-18-16(9-4-10-16)12-17-15-8-7-13-5-2-3-6-14(13)11-15/h2-3,5-8,11,17H,4,9-10,12H2,1H3. The molecule has 2 aromatic rings. The Morgan fingerprint density at radius 2 is 1.89 bits per heavy atom. The average molecular weight is 257 g/mol. The Kier molecular flexibility index (Phi) is 3.21. The molecule has 0 unspecified atom stereocenters. The normalized spacial score (nSPS) is 17.4. The van der Waals surface area contributed by atoms with Crippen LogP contribution in [0, 0.1) is 0 Å². The topological polar surface area (TPSA) is 12.0 Å². The molecule has 1 saturated carbocycles. The fourth-order valence-electron chi connectivity index (χ4n) is 2.59. The second-order valence-electron chi connectivity index (χ2n) is 5.16. The van der Waals surface area contributed by atoms with Crippen molar-refractivity contribution in [2.24, 2.45) is 0 Å². The van der Waals surface area contributed by atoms with Crippen molar-refractivity contribution in [3.8, 4) is 0 Å². The molecule has 0 bridgehead atoms. The average Bonchev–Trinajstić information content (AvgIpc) is 2.38. The van der Waals surface area contributed by atoms with E-state index in [9.17, 15) is 0 Å². The van der Waals surface area contributed by atoms with Crippen LogP contribution in [0.5, 0.6) is 0 Å². The SMILES string of the molecule is CSC1(CNc2ccc3ccccc3c2)CCC1. The molecule has 1 N–H and O–H groups in total.